The van der Waals surface area contributed by atoms with Crippen LogP contribution < -0.4 is 0 Å². The minimum Gasteiger partial charge on any atom is -0.390 e. The van der Waals surface area contributed by atoms with Crippen LogP contribution >= 0.6 is 0 Å². The van der Waals surface area contributed by atoms with Crippen LogP contribution in [0.5, 0.6) is 0 Å². The first-order chi connectivity index (χ1) is 11.6. The van der Waals surface area contributed by atoms with E-state index in [1.165, 1.54) is 11.1 Å². The van der Waals surface area contributed by atoms with Gasteiger partial charge in [-0.1, -0.05) is 60.7 Å². The molecule has 2 aromatic rings. The fraction of sp³-hybridized carbons (Fsp3) is 0.455. The average molecular weight is 324 g/mol. The van der Waals surface area contributed by atoms with Crippen molar-refractivity contribution in [2.45, 2.75) is 62.6 Å². The molecule has 2 N–H and O–H groups in total. The third-order valence-corrected chi connectivity index (χ3v) is 5.32. The summed E-state index contributed by atoms with van der Waals surface area (Å²) in [5.74, 6) is 0. The number of aliphatic hydroxyl groups is 2. The predicted molar refractivity (Wildman–Crippen MR) is 97.9 cm³/mol. The summed E-state index contributed by atoms with van der Waals surface area (Å²) in [6, 6.07) is 20.5. The van der Waals surface area contributed by atoms with E-state index in [2.05, 4.69) is 24.3 Å². The van der Waals surface area contributed by atoms with E-state index in [0.717, 1.165) is 38.5 Å². The normalized spacial score (nSPS) is 28.1. The van der Waals surface area contributed by atoms with E-state index >= 15 is 0 Å². The molecule has 128 valence electrons. The molecule has 2 heteroatoms. The summed E-state index contributed by atoms with van der Waals surface area (Å²) in [5, 5.41) is 22.0. The number of hydrogen-bond acceptors (Lipinski definition) is 2. The van der Waals surface area contributed by atoms with Crippen LogP contribution in [0.3, 0.4) is 0 Å². The van der Waals surface area contributed by atoms with Crippen molar-refractivity contribution in [2.24, 2.45) is 0 Å². The van der Waals surface area contributed by atoms with Crippen LogP contribution in [0.4, 0.5) is 0 Å². The van der Waals surface area contributed by atoms with Gasteiger partial charge < -0.3 is 10.2 Å². The molecule has 0 bridgehead atoms. The highest BCUT2D eigenvalue weighted by Crippen LogP contribution is 2.35. The van der Waals surface area contributed by atoms with Crippen LogP contribution in [0.25, 0.3) is 0 Å². The zero-order valence-electron chi connectivity index (χ0n) is 14.3. The van der Waals surface area contributed by atoms with E-state index in [1.54, 1.807) is 0 Å². The minimum absolute atomic E-state index is 0.630. The van der Waals surface area contributed by atoms with Crippen molar-refractivity contribution in [3.05, 3.63) is 71.8 Å². The van der Waals surface area contributed by atoms with Gasteiger partial charge in [0, 0.05) is 12.8 Å². The zero-order chi connectivity index (χ0) is 16.9. The number of hydrogen-bond donors (Lipinski definition) is 2. The molecule has 2 nitrogen and oxygen atoms in total. The van der Waals surface area contributed by atoms with Gasteiger partial charge in [-0.3, -0.25) is 0 Å². The van der Waals surface area contributed by atoms with E-state index in [1.807, 2.05) is 36.4 Å². The first-order valence-electron chi connectivity index (χ1n) is 9.10. The smallest absolute Gasteiger partial charge is 0.0688 e. The van der Waals surface area contributed by atoms with Crippen molar-refractivity contribution in [2.75, 3.05) is 0 Å². The molecule has 0 heterocycles. The molecule has 1 aliphatic rings. The molecule has 0 spiro atoms. The van der Waals surface area contributed by atoms with Gasteiger partial charge in [0.25, 0.3) is 0 Å². The summed E-state index contributed by atoms with van der Waals surface area (Å²) < 4.78 is 0. The van der Waals surface area contributed by atoms with E-state index in [-0.39, 0.29) is 0 Å². The van der Waals surface area contributed by atoms with Crippen molar-refractivity contribution in [3.63, 3.8) is 0 Å². The van der Waals surface area contributed by atoms with Gasteiger partial charge in [0.15, 0.2) is 0 Å². The van der Waals surface area contributed by atoms with E-state index in [4.69, 9.17) is 0 Å². The molecule has 1 saturated carbocycles. The fourth-order valence-corrected chi connectivity index (χ4v) is 4.05. The molecule has 0 unspecified atom stereocenters. The quantitative estimate of drug-likeness (QED) is 0.881. The highest BCUT2D eigenvalue weighted by molar-refractivity contribution is 5.18. The van der Waals surface area contributed by atoms with E-state index < -0.39 is 11.2 Å². The van der Waals surface area contributed by atoms with Gasteiger partial charge in [0.05, 0.1) is 11.2 Å². The lowest BCUT2D eigenvalue weighted by Gasteiger charge is -2.36. The van der Waals surface area contributed by atoms with Crippen molar-refractivity contribution in [3.8, 4) is 0 Å². The molecule has 0 saturated heterocycles. The third kappa shape index (κ3) is 4.68. The lowest BCUT2D eigenvalue weighted by Crippen LogP contribution is -2.38. The van der Waals surface area contributed by atoms with Gasteiger partial charge in [-0.05, 0) is 49.7 Å². The standard InChI is InChI=1S/C22H28O2/c23-21(17-19-9-3-1-4-10-19)13-7-15-22(24,16-8-14-21)18-20-11-5-2-6-12-20/h1-6,9-12,23-24H,7-8,13-18H2. The predicted octanol–water partition coefficient (Wildman–Crippen LogP) is 4.29. The SMILES string of the molecule is OC1(Cc2ccccc2)CCCC(O)(Cc2ccccc2)CCC1. The van der Waals surface area contributed by atoms with Crippen LogP contribution in [0.15, 0.2) is 60.7 Å². The van der Waals surface area contributed by atoms with Crippen molar-refractivity contribution < 1.29 is 10.2 Å². The maximum atomic E-state index is 11.0. The zero-order valence-corrected chi connectivity index (χ0v) is 14.3. The summed E-state index contributed by atoms with van der Waals surface area (Å²) in [6.07, 6.45) is 6.21. The van der Waals surface area contributed by atoms with E-state index in [9.17, 15) is 10.2 Å². The van der Waals surface area contributed by atoms with Crippen LogP contribution in [0.1, 0.15) is 49.7 Å². The lowest BCUT2D eigenvalue weighted by atomic mass is 9.76. The summed E-state index contributed by atoms with van der Waals surface area (Å²) in [4.78, 5) is 0. The Labute approximate surface area is 145 Å². The molecule has 2 aromatic carbocycles. The Kier molecular flexibility index (Phi) is 5.37. The molecule has 3 rings (SSSR count). The highest BCUT2D eigenvalue weighted by Gasteiger charge is 2.34. The highest BCUT2D eigenvalue weighted by atomic mass is 16.3. The summed E-state index contributed by atoms with van der Waals surface area (Å²) in [7, 11) is 0. The maximum Gasteiger partial charge on any atom is 0.0688 e. The molecule has 1 aliphatic carbocycles. The average Bonchev–Trinajstić information content (AvgIpc) is 2.55. The summed E-state index contributed by atoms with van der Waals surface area (Å²) in [5.41, 5.74) is 1.13. The third-order valence-electron chi connectivity index (χ3n) is 5.32. The Morgan fingerprint density at radius 1 is 0.583 bits per heavy atom. The van der Waals surface area contributed by atoms with Crippen LogP contribution in [-0.2, 0) is 12.8 Å². The van der Waals surface area contributed by atoms with Gasteiger partial charge in [-0.15, -0.1) is 0 Å². The molecular formula is C22H28O2. The first-order valence-corrected chi connectivity index (χ1v) is 9.10. The van der Waals surface area contributed by atoms with Gasteiger partial charge in [-0.25, -0.2) is 0 Å². The molecular weight excluding hydrogens is 296 g/mol. The lowest BCUT2D eigenvalue weighted by molar-refractivity contribution is -0.0318. The Hall–Kier alpha value is -1.64. The Morgan fingerprint density at radius 2 is 0.917 bits per heavy atom. The molecule has 0 radical (unpaired) electrons. The molecule has 1 fully saturated rings. The Bertz CT molecular complexity index is 555. The minimum atomic E-state index is -0.630. The van der Waals surface area contributed by atoms with Crippen LogP contribution in [0.2, 0.25) is 0 Å². The van der Waals surface area contributed by atoms with Gasteiger partial charge in [0.2, 0.25) is 0 Å². The molecule has 0 aromatic heterocycles. The van der Waals surface area contributed by atoms with Crippen molar-refractivity contribution in [1.82, 2.24) is 0 Å². The van der Waals surface area contributed by atoms with E-state index in [0.29, 0.717) is 12.8 Å². The fourth-order valence-electron chi connectivity index (χ4n) is 4.05. The number of benzene rings is 2. The largest absolute Gasteiger partial charge is 0.390 e. The first kappa shape index (κ1) is 17.2. The van der Waals surface area contributed by atoms with Crippen molar-refractivity contribution >= 4 is 0 Å². The Morgan fingerprint density at radius 3 is 1.25 bits per heavy atom. The summed E-state index contributed by atoms with van der Waals surface area (Å²) in [6.45, 7) is 0. The van der Waals surface area contributed by atoms with Crippen LogP contribution in [-0.4, -0.2) is 21.4 Å². The Balaban J connectivity index is 1.60. The van der Waals surface area contributed by atoms with Gasteiger partial charge in [0.1, 0.15) is 0 Å². The molecule has 24 heavy (non-hydrogen) atoms. The molecule has 0 aliphatic heterocycles. The molecule has 0 amide bonds. The second-order valence-corrected chi connectivity index (χ2v) is 7.48. The topological polar surface area (TPSA) is 40.5 Å². The number of rotatable bonds is 4. The van der Waals surface area contributed by atoms with Crippen molar-refractivity contribution in [1.29, 1.82) is 0 Å². The van der Waals surface area contributed by atoms with Crippen LogP contribution in [0, 0.1) is 0 Å². The molecule has 0 atom stereocenters. The van der Waals surface area contributed by atoms with Gasteiger partial charge in [-0.2, -0.15) is 0 Å². The second-order valence-electron chi connectivity index (χ2n) is 7.48. The monoisotopic (exact) mass is 324 g/mol. The summed E-state index contributed by atoms with van der Waals surface area (Å²) >= 11 is 0. The van der Waals surface area contributed by atoms with Gasteiger partial charge >= 0.3 is 0 Å². The second kappa shape index (κ2) is 7.50. The maximum absolute atomic E-state index is 11.0.